The van der Waals surface area contributed by atoms with Crippen molar-refractivity contribution in [2.75, 3.05) is 0 Å². The summed E-state index contributed by atoms with van der Waals surface area (Å²) in [5.41, 5.74) is 4.67. The molecular weight excluding hydrogens is 340 g/mol. The maximum absolute atomic E-state index is 11.9. The van der Waals surface area contributed by atoms with E-state index in [9.17, 15) is 4.79 Å². The summed E-state index contributed by atoms with van der Waals surface area (Å²) in [6, 6.07) is 14.4. The zero-order valence-corrected chi connectivity index (χ0v) is 13.1. The number of nitrogens with zero attached hydrogens (tertiary/aromatic N) is 1. The monoisotopic (exact) mass is 350 g/mol. The van der Waals surface area contributed by atoms with Crippen LogP contribution in [-0.2, 0) is 0 Å². The number of carbonyl (C=O) groups excluding carboxylic acids is 1. The van der Waals surface area contributed by atoms with Gasteiger partial charge in [0.1, 0.15) is 0 Å². The van der Waals surface area contributed by atoms with Gasteiger partial charge in [-0.15, -0.1) is 0 Å². The number of rotatable bonds is 3. The van der Waals surface area contributed by atoms with Crippen LogP contribution in [-0.4, -0.2) is 11.6 Å². The molecule has 2 rings (SSSR count). The van der Waals surface area contributed by atoms with Crippen molar-refractivity contribution in [1.29, 1.82) is 0 Å². The first-order chi connectivity index (χ1) is 9.56. The standard InChI is InChI=1S/C15H12BrClN2O/c1-10(11-5-7-13(16)8-6-11)18-19-15(20)12-3-2-4-14(17)9-12/h2-9H,1H3,(H,19,20). The van der Waals surface area contributed by atoms with Gasteiger partial charge in [0.2, 0.25) is 0 Å². The molecule has 0 aliphatic rings. The lowest BCUT2D eigenvalue weighted by molar-refractivity contribution is 0.0955. The Morgan fingerprint density at radius 2 is 1.85 bits per heavy atom. The van der Waals surface area contributed by atoms with Gasteiger partial charge in [0.15, 0.2) is 0 Å². The van der Waals surface area contributed by atoms with Crippen molar-refractivity contribution < 1.29 is 4.79 Å². The van der Waals surface area contributed by atoms with Gasteiger partial charge < -0.3 is 0 Å². The summed E-state index contributed by atoms with van der Waals surface area (Å²) in [6.07, 6.45) is 0. The van der Waals surface area contributed by atoms with E-state index in [-0.39, 0.29) is 5.91 Å². The Balaban J connectivity index is 2.08. The third kappa shape index (κ3) is 3.92. The number of hydrogen-bond donors (Lipinski definition) is 1. The molecule has 5 heteroatoms. The van der Waals surface area contributed by atoms with Crippen molar-refractivity contribution in [3.63, 3.8) is 0 Å². The average molecular weight is 352 g/mol. The third-order valence-corrected chi connectivity index (χ3v) is 3.44. The Labute approximate surface area is 130 Å². The zero-order chi connectivity index (χ0) is 14.5. The molecule has 0 spiro atoms. The number of amides is 1. The quantitative estimate of drug-likeness (QED) is 0.651. The SMILES string of the molecule is CC(=NNC(=O)c1cccc(Cl)c1)c1ccc(Br)cc1. The predicted octanol–water partition coefficient (Wildman–Crippen LogP) is 4.26. The second kappa shape index (κ2) is 6.68. The first-order valence-corrected chi connectivity index (χ1v) is 7.09. The summed E-state index contributed by atoms with van der Waals surface area (Å²) in [4.78, 5) is 11.9. The van der Waals surface area contributed by atoms with E-state index >= 15 is 0 Å². The molecule has 0 bridgehead atoms. The topological polar surface area (TPSA) is 41.5 Å². The van der Waals surface area contributed by atoms with Crippen LogP contribution in [0.25, 0.3) is 0 Å². The lowest BCUT2D eigenvalue weighted by atomic mass is 10.1. The van der Waals surface area contributed by atoms with Crippen LogP contribution < -0.4 is 5.43 Å². The molecule has 1 amide bonds. The van der Waals surface area contributed by atoms with Gasteiger partial charge in [-0.1, -0.05) is 45.7 Å². The Hall–Kier alpha value is -1.65. The summed E-state index contributed by atoms with van der Waals surface area (Å²) in [5, 5.41) is 4.61. The molecule has 20 heavy (non-hydrogen) atoms. The number of halogens is 2. The molecule has 0 heterocycles. The molecule has 0 atom stereocenters. The summed E-state index contributed by atoms with van der Waals surface area (Å²) >= 11 is 9.21. The van der Waals surface area contributed by atoms with Gasteiger partial charge in [0.05, 0.1) is 5.71 Å². The Kier molecular flexibility index (Phi) is 4.93. The highest BCUT2D eigenvalue weighted by molar-refractivity contribution is 9.10. The number of benzene rings is 2. The maximum atomic E-state index is 11.9. The summed E-state index contributed by atoms with van der Waals surface area (Å²) in [5.74, 6) is -0.288. The predicted molar refractivity (Wildman–Crippen MR) is 85.3 cm³/mol. The molecule has 0 aliphatic heterocycles. The number of hydrazone groups is 1. The maximum Gasteiger partial charge on any atom is 0.271 e. The van der Waals surface area contributed by atoms with Gasteiger partial charge in [-0.05, 0) is 42.8 Å². The Morgan fingerprint density at radius 1 is 1.15 bits per heavy atom. The van der Waals surface area contributed by atoms with Crippen molar-refractivity contribution in [2.24, 2.45) is 5.10 Å². The van der Waals surface area contributed by atoms with E-state index < -0.39 is 0 Å². The van der Waals surface area contributed by atoms with Crippen LogP contribution in [0.3, 0.4) is 0 Å². The van der Waals surface area contributed by atoms with Gasteiger partial charge in [-0.25, -0.2) is 5.43 Å². The lowest BCUT2D eigenvalue weighted by Crippen LogP contribution is -2.19. The zero-order valence-electron chi connectivity index (χ0n) is 10.7. The summed E-state index contributed by atoms with van der Waals surface area (Å²) in [6.45, 7) is 1.83. The third-order valence-electron chi connectivity index (χ3n) is 2.67. The van der Waals surface area contributed by atoms with Crippen LogP contribution >= 0.6 is 27.5 Å². The number of hydrogen-bond acceptors (Lipinski definition) is 2. The second-order valence-electron chi connectivity index (χ2n) is 4.16. The van der Waals surface area contributed by atoms with Crippen molar-refractivity contribution in [3.8, 4) is 0 Å². The fourth-order valence-corrected chi connectivity index (χ4v) is 2.04. The van der Waals surface area contributed by atoms with E-state index in [1.54, 1.807) is 24.3 Å². The van der Waals surface area contributed by atoms with Crippen LogP contribution in [0.4, 0.5) is 0 Å². The summed E-state index contributed by atoms with van der Waals surface area (Å²) < 4.78 is 0.997. The molecule has 0 aliphatic carbocycles. The van der Waals surface area contributed by atoms with Crippen molar-refractivity contribution >= 4 is 39.1 Å². The van der Waals surface area contributed by atoms with Crippen molar-refractivity contribution in [3.05, 3.63) is 69.2 Å². The van der Waals surface area contributed by atoms with E-state index in [1.807, 2.05) is 31.2 Å². The Morgan fingerprint density at radius 3 is 2.50 bits per heavy atom. The molecule has 3 nitrogen and oxygen atoms in total. The van der Waals surface area contributed by atoms with E-state index in [4.69, 9.17) is 11.6 Å². The fourth-order valence-electron chi connectivity index (χ4n) is 1.58. The molecule has 1 N–H and O–H groups in total. The first kappa shape index (κ1) is 14.8. The molecule has 0 saturated carbocycles. The van der Waals surface area contributed by atoms with Gasteiger partial charge in [0.25, 0.3) is 5.91 Å². The first-order valence-electron chi connectivity index (χ1n) is 5.92. The Bertz CT molecular complexity index is 653. The van der Waals surface area contributed by atoms with Gasteiger partial charge in [-0.2, -0.15) is 5.10 Å². The molecular formula is C15H12BrClN2O. The highest BCUT2D eigenvalue weighted by Crippen LogP contribution is 2.12. The lowest BCUT2D eigenvalue weighted by Gasteiger charge is -2.03. The molecule has 0 saturated heterocycles. The largest absolute Gasteiger partial charge is 0.271 e. The molecule has 0 radical (unpaired) electrons. The molecule has 0 unspecified atom stereocenters. The van der Waals surface area contributed by atoms with Crippen LogP contribution in [0, 0.1) is 0 Å². The van der Waals surface area contributed by atoms with Crippen LogP contribution in [0.1, 0.15) is 22.8 Å². The van der Waals surface area contributed by atoms with Crippen molar-refractivity contribution in [2.45, 2.75) is 6.92 Å². The molecule has 102 valence electrons. The minimum atomic E-state index is -0.288. The molecule has 0 fully saturated rings. The van der Waals surface area contributed by atoms with E-state index in [0.29, 0.717) is 10.6 Å². The minimum absolute atomic E-state index is 0.288. The minimum Gasteiger partial charge on any atom is -0.267 e. The molecule has 2 aromatic carbocycles. The van der Waals surface area contributed by atoms with Crippen LogP contribution in [0.2, 0.25) is 5.02 Å². The van der Waals surface area contributed by atoms with Crippen LogP contribution in [0.15, 0.2) is 58.1 Å². The fraction of sp³-hybridized carbons (Fsp3) is 0.0667. The van der Waals surface area contributed by atoms with Crippen molar-refractivity contribution in [1.82, 2.24) is 5.43 Å². The van der Waals surface area contributed by atoms with Crippen LogP contribution in [0.5, 0.6) is 0 Å². The van der Waals surface area contributed by atoms with E-state index in [2.05, 4.69) is 26.5 Å². The average Bonchev–Trinajstić information content (AvgIpc) is 2.45. The normalized spacial score (nSPS) is 11.2. The molecule has 0 aromatic heterocycles. The van der Waals surface area contributed by atoms with Gasteiger partial charge in [0, 0.05) is 15.1 Å². The molecule has 2 aromatic rings. The number of nitrogens with one attached hydrogen (secondary N) is 1. The van der Waals surface area contributed by atoms with E-state index in [1.165, 1.54) is 0 Å². The number of carbonyl (C=O) groups is 1. The van der Waals surface area contributed by atoms with Gasteiger partial charge in [-0.3, -0.25) is 4.79 Å². The van der Waals surface area contributed by atoms with Gasteiger partial charge >= 0.3 is 0 Å². The van der Waals surface area contributed by atoms with E-state index in [0.717, 1.165) is 15.7 Å². The highest BCUT2D eigenvalue weighted by atomic mass is 79.9. The second-order valence-corrected chi connectivity index (χ2v) is 5.51. The summed E-state index contributed by atoms with van der Waals surface area (Å²) in [7, 11) is 0. The smallest absolute Gasteiger partial charge is 0.267 e. The highest BCUT2D eigenvalue weighted by Gasteiger charge is 2.05.